The van der Waals surface area contributed by atoms with Gasteiger partial charge in [-0.25, -0.2) is 4.39 Å². The third kappa shape index (κ3) is 7.22. The zero-order valence-electron chi connectivity index (χ0n) is 17.7. The Bertz CT molecular complexity index is 827. The molecule has 0 heterocycles. The van der Waals surface area contributed by atoms with Gasteiger partial charge in [-0.3, -0.25) is 9.59 Å². The zero-order valence-corrected chi connectivity index (χ0v) is 17.7. The molecule has 156 valence electrons. The minimum atomic E-state index is -0.714. The van der Waals surface area contributed by atoms with Crippen LogP contribution in [0.2, 0.25) is 0 Å². The maximum atomic E-state index is 13.2. The third-order valence-corrected chi connectivity index (χ3v) is 4.31. The second kappa shape index (κ2) is 9.54. The highest BCUT2D eigenvalue weighted by molar-refractivity contribution is 5.88. The Morgan fingerprint density at radius 3 is 2.21 bits per heavy atom. The lowest BCUT2D eigenvalue weighted by Gasteiger charge is -2.31. The molecule has 29 heavy (non-hydrogen) atoms. The number of amides is 2. The molecule has 0 aromatic heterocycles. The summed E-state index contributed by atoms with van der Waals surface area (Å²) in [6.07, 6.45) is 0. The fourth-order valence-corrected chi connectivity index (χ4v) is 2.71. The molecule has 6 heteroatoms. The van der Waals surface area contributed by atoms with Crippen molar-refractivity contribution in [1.29, 1.82) is 0 Å². The van der Waals surface area contributed by atoms with Crippen molar-refractivity contribution < 1.29 is 18.7 Å². The Labute approximate surface area is 171 Å². The average Bonchev–Trinajstić information content (AvgIpc) is 2.65. The van der Waals surface area contributed by atoms with Crippen molar-refractivity contribution in [3.8, 4) is 5.75 Å². The summed E-state index contributed by atoms with van der Waals surface area (Å²) in [5.74, 6) is -0.361. The van der Waals surface area contributed by atoms with Gasteiger partial charge in [-0.1, -0.05) is 29.8 Å². The largest absolute Gasteiger partial charge is 0.484 e. The van der Waals surface area contributed by atoms with Gasteiger partial charge in [-0.15, -0.1) is 0 Å². The van der Waals surface area contributed by atoms with Crippen LogP contribution in [0.25, 0.3) is 0 Å². The van der Waals surface area contributed by atoms with Gasteiger partial charge in [-0.05, 0) is 64.4 Å². The number of hydrogen-bond donors (Lipinski definition) is 1. The van der Waals surface area contributed by atoms with E-state index in [0.717, 1.165) is 11.1 Å². The average molecular weight is 400 g/mol. The van der Waals surface area contributed by atoms with Gasteiger partial charge in [0, 0.05) is 12.1 Å². The van der Waals surface area contributed by atoms with Crippen molar-refractivity contribution in [1.82, 2.24) is 10.2 Å². The van der Waals surface area contributed by atoms with E-state index in [9.17, 15) is 14.0 Å². The number of hydrogen-bond acceptors (Lipinski definition) is 3. The van der Waals surface area contributed by atoms with Gasteiger partial charge >= 0.3 is 0 Å². The molecule has 2 rings (SSSR count). The highest BCUT2D eigenvalue weighted by atomic mass is 19.1. The molecule has 0 fully saturated rings. The molecule has 1 atom stereocenters. The predicted molar refractivity (Wildman–Crippen MR) is 111 cm³/mol. The molecule has 2 aromatic carbocycles. The van der Waals surface area contributed by atoms with Crippen LogP contribution in [0, 0.1) is 12.7 Å². The van der Waals surface area contributed by atoms with E-state index in [1.54, 1.807) is 31.2 Å². The van der Waals surface area contributed by atoms with E-state index in [4.69, 9.17) is 4.74 Å². The first-order valence-corrected chi connectivity index (χ1v) is 9.60. The predicted octanol–water partition coefficient (Wildman–Crippen LogP) is 3.84. The van der Waals surface area contributed by atoms with Crippen molar-refractivity contribution in [3.63, 3.8) is 0 Å². The molecular weight excluding hydrogens is 371 g/mol. The fourth-order valence-electron chi connectivity index (χ4n) is 2.71. The third-order valence-electron chi connectivity index (χ3n) is 4.31. The molecule has 0 unspecified atom stereocenters. The molecule has 0 saturated carbocycles. The van der Waals surface area contributed by atoms with E-state index in [1.807, 2.05) is 39.8 Å². The van der Waals surface area contributed by atoms with Crippen LogP contribution in [-0.2, 0) is 16.1 Å². The molecule has 0 radical (unpaired) electrons. The van der Waals surface area contributed by atoms with Crippen LogP contribution in [0.1, 0.15) is 38.8 Å². The van der Waals surface area contributed by atoms with Crippen LogP contribution in [-0.4, -0.2) is 34.9 Å². The normalized spacial score (nSPS) is 12.2. The summed E-state index contributed by atoms with van der Waals surface area (Å²) in [6, 6.07) is 12.5. The van der Waals surface area contributed by atoms with Gasteiger partial charge in [0.25, 0.3) is 5.91 Å². The first-order valence-electron chi connectivity index (χ1n) is 9.60. The maximum Gasteiger partial charge on any atom is 0.261 e. The van der Waals surface area contributed by atoms with Crippen molar-refractivity contribution in [2.75, 3.05) is 6.61 Å². The Morgan fingerprint density at radius 2 is 1.66 bits per heavy atom. The van der Waals surface area contributed by atoms with E-state index < -0.39 is 11.6 Å². The Hall–Kier alpha value is -2.89. The van der Waals surface area contributed by atoms with E-state index in [0.29, 0.717) is 5.75 Å². The lowest BCUT2D eigenvalue weighted by molar-refractivity contribution is -0.142. The topological polar surface area (TPSA) is 58.6 Å². The van der Waals surface area contributed by atoms with Crippen molar-refractivity contribution >= 4 is 11.8 Å². The molecule has 5 nitrogen and oxygen atoms in total. The summed E-state index contributed by atoms with van der Waals surface area (Å²) in [5.41, 5.74) is 1.40. The Morgan fingerprint density at radius 1 is 1.07 bits per heavy atom. The van der Waals surface area contributed by atoms with Crippen LogP contribution in [0.4, 0.5) is 4.39 Å². The van der Waals surface area contributed by atoms with E-state index in [-0.39, 0.29) is 30.8 Å². The van der Waals surface area contributed by atoms with Crippen molar-refractivity contribution in [3.05, 3.63) is 65.5 Å². The second-order valence-electron chi connectivity index (χ2n) is 8.17. The molecule has 2 aromatic rings. The van der Waals surface area contributed by atoms with Crippen LogP contribution in [0.5, 0.6) is 5.75 Å². The van der Waals surface area contributed by atoms with Gasteiger partial charge in [-0.2, -0.15) is 0 Å². The van der Waals surface area contributed by atoms with Crippen LogP contribution < -0.4 is 10.1 Å². The summed E-state index contributed by atoms with van der Waals surface area (Å²) >= 11 is 0. The molecule has 0 bridgehead atoms. The van der Waals surface area contributed by atoms with Crippen molar-refractivity contribution in [2.24, 2.45) is 0 Å². The minimum Gasteiger partial charge on any atom is -0.484 e. The van der Waals surface area contributed by atoms with Gasteiger partial charge in [0.05, 0.1) is 0 Å². The number of halogens is 1. The molecule has 2 amide bonds. The molecular formula is C23H29FN2O3. The Kier molecular flexibility index (Phi) is 7.37. The molecule has 0 spiro atoms. The van der Waals surface area contributed by atoms with E-state index >= 15 is 0 Å². The fraction of sp³-hybridized carbons (Fsp3) is 0.391. The van der Waals surface area contributed by atoms with E-state index in [2.05, 4.69) is 5.32 Å². The van der Waals surface area contributed by atoms with Crippen LogP contribution >= 0.6 is 0 Å². The maximum absolute atomic E-state index is 13.2. The minimum absolute atomic E-state index is 0.176. The number of benzene rings is 2. The SMILES string of the molecule is Cc1ccc(OCC(=O)N(Cc2ccc(F)cc2)[C@@H](C)C(=O)NC(C)(C)C)cc1. The summed E-state index contributed by atoms with van der Waals surface area (Å²) < 4.78 is 18.8. The number of nitrogens with zero attached hydrogens (tertiary/aromatic N) is 1. The zero-order chi connectivity index (χ0) is 21.6. The first-order chi connectivity index (χ1) is 13.5. The van der Waals surface area contributed by atoms with Crippen LogP contribution in [0.15, 0.2) is 48.5 Å². The summed E-state index contributed by atoms with van der Waals surface area (Å²) in [4.78, 5) is 27.0. The number of ether oxygens (including phenoxy) is 1. The number of carbonyl (C=O) groups excluding carboxylic acids is 2. The van der Waals surface area contributed by atoms with Gasteiger partial charge in [0.15, 0.2) is 6.61 Å². The lowest BCUT2D eigenvalue weighted by atomic mass is 10.1. The van der Waals surface area contributed by atoms with Gasteiger partial charge < -0.3 is 15.0 Å². The summed E-state index contributed by atoms with van der Waals surface area (Å²) in [5, 5.41) is 2.90. The summed E-state index contributed by atoms with van der Waals surface area (Å²) in [6.45, 7) is 9.26. The first kappa shape index (κ1) is 22.4. The number of aryl methyl sites for hydroxylation is 1. The highest BCUT2D eigenvalue weighted by Crippen LogP contribution is 2.15. The molecule has 0 aliphatic heterocycles. The van der Waals surface area contributed by atoms with Crippen LogP contribution in [0.3, 0.4) is 0 Å². The standard InChI is InChI=1S/C23H29FN2O3/c1-16-6-12-20(13-7-16)29-15-21(27)26(14-18-8-10-19(24)11-9-18)17(2)22(28)25-23(3,4)5/h6-13,17H,14-15H2,1-5H3,(H,25,28)/t17-/m0/s1. The molecule has 1 N–H and O–H groups in total. The van der Waals surface area contributed by atoms with Crippen molar-refractivity contribution in [2.45, 2.75) is 52.7 Å². The number of nitrogens with one attached hydrogen (secondary N) is 1. The second-order valence-corrected chi connectivity index (χ2v) is 8.17. The van der Waals surface area contributed by atoms with E-state index in [1.165, 1.54) is 17.0 Å². The smallest absolute Gasteiger partial charge is 0.261 e. The molecule has 0 saturated heterocycles. The Balaban J connectivity index is 2.15. The highest BCUT2D eigenvalue weighted by Gasteiger charge is 2.28. The summed E-state index contributed by atoms with van der Waals surface area (Å²) in [7, 11) is 0. The number of rotatable bonds is 7. The monoisotopic (exact) mass is 400 g/mol. The van der Waals surface area contributed by atoms with Gasteiger partial charge in [0.1, 0.15) is 17.6 Å². The number of carbonyl (C=O) groups is 2. The lowest BCUT2D eigenvalue weighted by Crippen LogP contribution is -2.53. The van der Waals surface area contributed by atoms with Gasteiger partial charge in [0.2, 0.25) is 5.91 Å². The molecule has 0 aliphatic rings. The quantitative estimate of drug-likeness (QED) is 0.768. The molecule has 0 aliphatic carbocycles.